The highest BCUT2D eigenvalue weighted by atomic mass is 14.7. The van der Waals surface area contributed by atoms with Crippen molar-refractivity contribution in [2.75, 3.05) is 0 Å². The Morgan fingerprint density at radius 1 is 0.938 bits per heavy atom. The first-order chi connectivity index (χ1) is 7.93. The van der Waals surface area contributed by atoms with Gasteiger partial charge < -0.3 is 0 Å². The van der Waals surface area contributed by atoms with Crippen LogP contribution in [-0.2, 0) is 6.42 Å². The van der Waals surface area contributed by atoms with Crippen LogP contribution in [0, 0.1) is 6.42 Å². The molecule has 0 atom stereocenters. The molecular formula is C15H14N. The number of hydrogen-bond acceptors (Lipinski definition) is 1. The van der Waals surface area contributed by atoms with Gasteiger partial charge in [-0.3, -0.25) is 4.98 Å². The van der Waals surface area contributed by atoms with E-state index in [-0.39, 0.29) is 0 Å². The van der Waals surface area contributed by atoms with Gasteiger partial charge in [0.25, 0.3) is 0 Å². The van der Waals surface area contributed by atoms with E-state index < -0.39 is 0 Å². The van der Waals surface area contributed by atoms with E-state index in [4.69, 9.17) is 4.98 Å². The van der Waals surface area contributed by atoms with Gasteiger partial charge >= 0.3 is 0 Å². The van der Waals surface area contributed by atoms with Crippen molar-refractivity contribution in [3.05, 3.63) is 60.1 Å². The van der Waals surface area contributed by atoms with Crippen molar-refractivity contribution < 1.29 is 0 Å². The highest BCUT2D eigenvalue weighted by Gasteiger charge is 2.11. The second-order valence-electron chi connectivity index (χ2n) is 4.19. The third-order valence-corrected chi connectivity index (χ3v) is 3.06. The predicted molar refractivity (Wildman–Crippen MR) is 66.0 cm³/mol. The zero-order valence-electron chi connectivity index (χ0n) is 9.19. The zero-order chi connectivity index (χ0) is 10.8. The summed E-state index contributed by atoms with van der Waals surface area (Å²) >= 11 is 0. The van der Waals surface area contributed by atoms with Gasteiger partial charge in [-0.05, 0) is 37.3 Å². The van der Waals surface area contributed by atoms with Crippen LogP contribution in [0.15, 0.2) is 42.5 Å². The molecule has 1 nitrogen and oxygen atoms in total. The Balaban J connectivity index is 2.03. The second-order valence-corrected chi connectivity index (χ2v) is 4.19. The quantitative estimate of drug-likeness (QED) is 0.697. The molecule has 1 aliphatic rings. The van der Waals surface area contributed by atoms with E-state index >= 15 is 0 Å². The number of aromatic nitrogens is 1. The summed E-state index contributed by atoms with van der Waals surface area (Å²) < 4.78 is 0. The average Bonchev–Trinajstić information content (AvgIpc) is 2.39. The summed E-state index contributed by atoms with van der Waals surface area (Å²) in [6, 6.07) is 14.7. The summed E-state index contributed by atoms with van der Waals surface area (Å²) in [6.45, 7) is 0. The van der Waals surface area contributed by atoms with E-state index in [1.165, 1.54) is 29.7 Å². The first-order valence-corrected chi connectivity index (χ1v) is 5.82. The molecule has 2 aromatic rings. The molecule has 1 heteroatoms. The van der Waals surface area contributed by atoms with Crippen LogP contribution in [0.25, 0.3) is 11.3 Å². The topological polar surface area (TPSA) is 12.9 Å². The van der Waals surface area contributed by atoms with Crippen molar-refractivity contribution in [1.82, 2.24) is 4.98 Å². The Morgan fingerprint density at radius 2 is 1.81 bits per heavy atom. The molecule has 0 bridgehead atoms. The molecule has 3 rings (SSSR count). The molecule has 16 heavy (non-hydrogen) atoms. The molecule has 0 N–H and O–H groups in total. The Morgan fingerprint density at radius 3 is 2.69 bits per heavy atom. The molecule has 0 saturated heterocycles. The van der Waals surface area contributed by atoms with Crippen molar-refractivity contribution in [1.29, 1.82) is 0 Å². The fourth-order valence-corrected chi connectivity index (χ4v) is 2.19. The summed E-state index contributed by atoms with van der Waals surface area (Å²) in [6.07, 6.45) is 5.84. The zero-order valence-corrected chi connectivity index (χ0v) is 9.19. The van der Waals surface area contributed by atoms with E-state index in [1.807, 2.05) is 6.07 Å². The SMILES string of the molecule is [CH]1CCCc2nc(-c3ccccc3)ccc21. The Bertz CT molecular complexity index is 488. The minimum Gasteiger partial charge on any atom is -0.253 e. The molecule has 1 heterocycles. The lowest BCUT2D eigenvalue weighted by molar-refractivity contribution is 0.751. The van der Waals surface area contributed by atoms with Gasteiger partial charge in [-0.25, -0.2) is 0 Å². The molecule has 1 aliphatic carbocycles. The van der Waals surface area contributed by atoms with E-state index in [9.17, 15) is 0 Å². The molecule has 0 spiro atoms. The van der Waals surface area contributed by atoms with Crippen LogP contribution < -0.4 is 0 Å². The van der Waals surface area contributed by atoms with E-state index in [1.54, 1.807) is 0 Å². The Hall–Kier alpha value is -1.63. The van der Waals surface area contributed by atoms with Gasteiger partial charge in [0.05, 0.1) is 5.69 Å². The van der Waals surface area contributed by atoms with Crippen LogP contribution in [0.3, 0.4) is 0 Å². The lowest BCUT2D eigenvalue weighted by Gasteiger charge is -2.15. The third kappa shape index (κ3) is 1.73. The van der Waals surface area contributed by atoms with Gasteiger partial charge in [-0.2, -0.15) is 0 Å². The highest BCUT2D eigenvalue weighted by molar-refractivity contribution is 5.59. The molecule has 79 valence electrons. The van der Waals surface area contributed by atoms with Crippen LogP contribution in [-0.4, -0.2) is 4.98 Å². The highest BCUT2D eigenvalue weighted by Crippen LogP contribution is 2.24. The number of fused-ring (bicyclic) bond motifs is 1. The molecule has 1 aromatic heterocycles. The second kappa shape index (κ2) is 4.09. The molecular weight excluding hydrogens is 194 g/mol. The number of nitrogens with zero attached hydrogens (tertiary/aromatic N) is 1. The molecule has 0 saturated carbocycles. The number of benzene rings is 1. The largest absolute Gasteiger partial charge is 0.253 e. The average molecular weight is 208 g/mol. The lowest BCUT2D eigenvalue weighted by atomic mass is 9.95. The number of hydrogen-bond donors (Lipinski definition) is 0. The normalized spacial score (nSPS) is 14.5. The number of aryl methyl sites for hydroxylation is 1. The Kier molecular flexibility index (Phi) is 2.45. The summed E-state index contributed by atoms with van der Waals surface area (Å²) in [5, 5.41) is 0. The van der Waals surface area contributed by atoms with Gasteiger partial charge in [0.2, 0.25) is 0 Å². The minimum absolute atomic E-state index is 1.09. The van der Waals surface area contributed by atoms with E-state index in [0.29, 0.717) is 0 Å². The van der Waals surface area contributed by atoms with Gasteiger partial charge in [0, 0.05) is 11.3 Å². The summed E-state index contributed by atoms with van der Waals surface area (Å²) in [5.74, 6) is 0. The van der Waals surface area contributed by atoms with Crippen molar-refractivity contribution in [3.63, 3.8) is 0 Å². The first-order valence-electron chi connectivity index (χ1n) is 5.82. The lowest BCUT2D eigenvalue weighted by Crippen LogP contribution is -2.04. The van der Waals surface area contributed by atoms with Gasteiger partial charge in [0.15, 0.2) is 0 Å². The maximum absolute atomic E-state index is 4.75. The molecule has 0 unspecified atom stereocenters. The Labute approximate surface area is 96.2 Å². The van der Waals surface area contributed by atoms with E-state index in [2.05, 4.69) is 42.8 Å². The number of rotatable bonds is 1. The predicted octanol–water partition coefficient (Wildman–Crippen LogP) is 3.64. The maximum Gasteiger partial charge on any atom is 0.0705 e. The van der Waals surface area contributed by atoms with Gasteiger partial charge in [-0.15, -0.1) is 0 Å². The summed E-state index contributed by atoms with van der Waals surface area (Å²) in [7, 11) is 0. The standard InChI is InChI=1S/C15H14N/c1-2-6-12(7-3-1)15-11-10-13-8-4-5-9-14(13)16-15/h1-3,6-8,10-11H,4-5,9H2. The van der Waals surface area contributed by atoms with Crippen LogP contribution >= 0.6 is 0 Å². The molecule has 1 aromatic carbocycles. The van der Waals surface area contributed by atoms with Crippen LogP contribution in [0.1, 0.15) is 24.1 Å². The first kappa shape index (κ1) is 9.59. The van der Waals surface area contributed by atoms with Gasteiger partial charge in [0.1, 0.15) is 0 Å². The van der Waals surface area contributed by atoms with Crippen molar-refractivity contribution in [3.8, 4) is 11.3 Å². The fourth-order valence-electron chi connectivity index (χ4n) is 2.19. The third-order valence-electron chi connectivity index (χ3n) is 3.06. The fraction of sp³-hybridized carbons (Fsp3) is 0.200. The minimum atomic E-state index is 1.09. The van der Waals surface area contributed by atoms with Gasteiger partial charge in [-0.1, -0.05) is 36.4 Å². The molecule has 1 radical (unpaired) electrons. The molecule has 0 fully saturated rings. The molecule has 0 amide bonds. The van der Waals surface area contributed by atoms with Crippen molar-refractivity contribution >= 4 is 0 Å². The van der Waals surface area contributed by atoms with Crippen LogP contribution in [0.2, 0.25) is 0 Å². The van der Waals surface area contributed by atoms with Crippen molar-refractivity contribution in [2.45, 2.75) is 19.3 Å². The van der Waals surface area contributed by atoms with Crippen LogP contribution in [0.5, 0.6) is 0 Å². The molecule has 0 aliphatic heterocycles. The number of pyridine rings is 1. The smallest absolute Gasteiger partial charge is 0.0705 e. The van der Waals surface area contributed by atoms with E-state index in [0.717, 1.165) is 12.1 Å². The van der Waals surface area contributed by atoms with Crippen molar-refractivity contribution in [2.24, 2.45) is 0 Å². The summed E-state index contributed by atoms with van der Waals surface area (Å²) in [4.78, 5) is 4.75. The van der Waals surface area contributed by atoms with Crippen LogP contribution in [0.4, 0.5) is 0 Å². The monoisotopic (exact) mass is 208 g/mol. The maximum atomic E-state index is 4.75. The summed E-state index contributed by atoms with van der Waals surface area (Å²) in [5.41, 5.74) is 4.88.